The number of halogens is 1. The number of rotatable bonds is 4. The monoisotopic (exact) mass is 351 g/mol. The summed E-state index contributed by atoms with van der Waals surface area (Å²) in [7, 11) is 0. The number of benzene rings is 1. The Morgan fingerprint density at radius 3 is 2.29 bits per heavy atom. The van der Waals surface area contributed by atoms with Crippen LogP contribution in [0.5, 0.6) is 0 Å². The molecule has 0 spiro atoms. The number of aliphatic hydroxyl groups excluding tert-OH is 1. The van der Waals surface area contributed by atoms with Crippen molar-refractivity contribution < 1.29 is 14.7 Å². The Bertz CT molecular complexity index is 626. The predicted octanol–water partition coefficient (Wildman–Crippen LogP) is 2.66. The molecular formula is C17H22ClN3O3. The first-order valence-corrected chi connectivity index (χ1v) is 8.75. The van der Waals surface area contributed by atoms with Gasteiger partial charge in [-0.15, -0.1) is 0 Å². The van der Waals surface area contributed by atoms with Crippen molar-refractivity contribution in [3.05, 3.63) is 28.8 Å². The molecule has 2 fully saturated rings. The zero-order valence-corrected chi connectivity index (χ0v) is 14.1. The first kappa shape index (κ1) is 17.0. The van der Waals surface area contributed by atoms with E-state index in [2.05, 4.69) is 16.0 Å². The van der Waals surface area contributed by atoms with Gasteiger partial charge in [0, 0.05) is 17.8 Å². The molecule has 3 rings (SSSR count). The van der Waals surface area contributed by atoms with Gasteiger partial charge < -0.3 is 21.1 Å². The summed E-state index contributed by atoms with van der Waals surface area (Å²) >= 11 is 6.09. The molecule has 0 bridgehead atoms. The van der Waals surface area contributed by atoms with Gasteiger partial charge in [-0.3, -0.25) is 4.79 Å². The molecule has 4 N–H and O–H groups in total. The van der Waals surface area contributed by atoms with Crippen LogP contribution in [-0.4, -0.2) is 35.2 Å². The topological polar surface area (TPSA) is 90.5 Å². The van der Waals surface area contributed by atoms with E-state index in [1.54, 1.807) is 18.2 Å². The van der Waals surface area contributed by atoms with Crippen LogP contribution in [-0.2, 0) is 0 Å². The van der Waals surface area contributed by atoms with Crippen LogP contribution < -0.4 is 16.0 Å². The third-order valence-corrected chi connectivity index (χ3v) is 4.74. The van der Waals surface area contributed by atoms with Gasteiger partial charge in [0.05, 0.1) is 16.7 Å². The van der Waals surface area contributed by atoms with Crippen LogP contribution in [0.15, 0.2) is 18.2 Å². The zero-order chi connectivity index (χ0) is 17.1. The van der Waals surface area contributed by atoms with E-state index >= 15 is 0 Å². The fraction of sp³-hybridized carbons (Fsp3) is 0.529. The van der Waals surface area contributed by atoms with Crippen molar-refractivity contribution in [1.29, 1.82) is 0 Å². The molecule has 1 aromatic carbocycles. The van der Waals surface area contributed by atoms with E-state index in [1.165, 1.54) is 0 Å². The minimum absolute atomic E-state index is 0.0679. The molecule has 1 aromatic rings. The van der Waals surface area contributed by atoms with E-state index in [1.807, 2.05) is 0 Å². The summed E-state index contributed by atoms with van der Waals surface area (Å²) in [4.78, 5) is 24.3. The Kier molecular flexibility index (Phi) is 5.26. The SMILES string of the molecule is O=C(Nc1ccc(Cl)c(C(=O)NC2CC2)c1)NC1CCC(O)CC1. The number of hydrogen-bond acceptors (Lipinski definition) is 3. The summed E-state index contributed by atoms with van der Waals surface area (Å²) in [5, 5.41) is 18.4. The smallest absolute Gasteiger partial charge is 0.319 e. The molecule has 3 amide bonds. The molecule has 6 nitrogen and oxygen atoms in total. The number of carbonyl (C=O) groups excluding carboxylic acids is 2. The molecule has 2 aliphatic carbocycles. The van der Waals surface area contributed by atoms with Crippen LogP contribution in [0.2, 0.25) is 5.02 Å². The van der Waals surface area contributed by atoms with Crippen LogP contribution in [0.4, 0.5) is 10.5 Å². The molecule has 0 atom stereocenters. The molecular weight excluding hydrogens is 330 g/mol. The van der Waals surface area contributed by atoms with E-state index in [-0.39, 0.29) is 30.1 Å². The number of anilines is 1. The lowest BCUT2D eigenvalue weighted by molar-refractivity contribution is 0.0951. The van der Waals surface area contributed by atoms with E-state index in [4.69, 9.17) is 11.6 Å². The van der Waals surface area contributed by atoms with Crippen molar-refractivity contribution >= 4 is 29.2 Å². The minimum Gasteiger partial charge on any atom is -0.393 e. The molecule has 0 heterocycles. The third kappa shape index (κ3) is 4.61. The van der Waals surface area contributed by atoms with Gasteiger partial charge in [-0.25, -0.2) is 4.79 Å². The molecule has 0 aliphatic heterocycles. The largest absolute Gasteiger partial charge is 0.393 e. The predicted molar refractivity (Wildman–Crippen MR) is 92.4 cm³/mol. The number of nitrogens with one attached hydrogen (secondary N) is 3. The normalized spacial score (nSPS) is 23.4. The van der Waals surface area contributed by atoms with Crippen molar-refractivity contribution in [1.82, 2.24) is 10.6 Å². The maximum absolute atomic E-state index is 12.2. The fourth-order valence-corrected chi connectivity index (χ4v) is 3.04. The Morgan fingerprint density at radius 1 is 1.00 bits per heavy atom. The Hall–Kier alpha value is -1.79. The Balaban J connectivity index is 1.57. The van der Waals surface area contributed by atoms with Crippen molar-refractivity contribution in [2.24, 2.45) is 0 Å². The first-order valence-electron chi connectivity index (χ1n) is 8.37. The molecule has 0 aromatic heterocycles. The van der Waals surface area contributed by atoms with Crippen molar-refractivity contribution in [3.8, 4) is 0 Å². The molecule has 2 saturated carbocycles. The zero-order valence-electron chi connectivity index (χ0n) is 13.3. The molecule has 24 heavy (non-hydrogen) atoms. The standard InChI is InChI=1S/C17H22ClN3O3/c18-15-8-5-12(9-14(15)16(23)19-10-1-2-10)21-17(24)20-11-3-6-13(22)7-4-11/h5,8-11,13,22H,1-4,6-7H2,(H,19,23)(H2,20,21,24). The minimum atomic E-state index is -0.313. The molecule has 0 unspecified atom stereocenters. The van der Waals surface area contributed by atoms with Crippen LogP contribution in [0.1, 0.15) is 48.9 Å². The summed E-state index contributed by atoms with van der Waals surface area (Å²) in [5.41, 5.74) is 0.885. The van der Waals surface area contributed by atoms with Crippen LogP contribution >= 0.6 is 11.6 Å². The second-order valence-corrected chi connectivity index (χ2v) is 6.95. The first-order chi connectivity index (χ1) is 11.5. The van der Waals surface area contributed by atoms with Crippen LogP contribution in [0.25, 0.3) is 0 Å². The van der Waals surface area contributed by atoms with Gasteiger partial charge in [0.2, 0.25) is 0 Å². The van der Waals surface area contributed by atoms with E-state index < -0.39 is 0 Å². The highest BCUT2D eigenvalue weighted by atomic mass is 35.5. The lowest BCUT2D eigenvalue weighted by Crippen LogP contribution is -2.40. The Labute approximate surface area is 146 Å². The summed E-state index contributed by atoms with van der Waals surface area (Å²) in [6, 6.07) is 4.86. The van der Waals surface area contributed by atoms with Crippen molar-refractivity contribution in [3.63, 3.8) is 0 Å². The number of aliphatic hydroxyl groups is 1. The highest BCUT2D eigenvalue weighted by molar-refractivity contribution is 6.34. The molecule has 7 heteroatoms. The average Bonchev–Trinajstić information content (AvgIpc) is 3.35. The third-order valence-electron chi connectivity index (χ3n) is 4.41. The van der Waals surface area contributed by atoms with Crippen LogP contribution in [0, 0.1) is 0 Å². The van der Waals surface area contributed by atoms with Gasteiger partial charge in [0.15, 0.2) is 0 Å². The maximum atomic E-state index is 12.2. The summed E-state index contributed by atoms with van der Waals surface area (Å²) in [6.07, 6.45) is 4.69. The highest BCUT2D eigenvalue weighted by Gasteiger charge is 2.25. The Morgan fingerprint density at radius 2 is 1.62 bits per heavy atom. The second-order valence-electron chi connectivity index (χ2n) is 6.55. The van der Waals surface area contributed by atoms with Gasteiger partial charge in [0.1, 0.15) is 0 Å². The summed E-state index contributed by atoms with van der Waals surface area (Å²) < 4.78 is 0. The number of hydrogen-bond donors (Lipinski definition) is 4. The quantitative estimate of drug-likeness (QED) is 0.672. The highest BCUT2D eigenvalue weighted by Crippen LogP contribution is 2.24. The lowest BCUT2D eigenvalue weighted by atomic mass is 9.93. The van der Waals surface area contributed by atoms with Crippen LogP contribution in [0.3, 0.4) is 0 Å². The lowest BCUT2D eigenvalue weighted by Gasteiger charge is -2.26. The van der Waals surface area contributed by atoms with E-state index in [0.717, 1.165) is 25.7 Å². The summed E-state index contributed by atoms with van der Waals surface area (Å²) in [6.45, 7) is 0. The van der Waals surface area contributed by atoms with E-state index in [9.17, 15) is 14.7 Å². The van der Waals surface area contributed by atoms with Gasteiger partial charge in [0.25, 0.3) is 5.91 Å². The number of carbonyl (C=O) groups is 2. The molecule has 2 aliphatic rings. The summed E-state index contributed by atoms with van der Waals surface area (Å²) in [5.74, 6) is -0.215. The van der Waals surface area contributed by atoms with Crippen molar-refractivity contribution in [2.45, 2.75) is 56.7 Å². The van der Waals surface area contributed by atoms with Gasteiger partial charge in [-0.05, 0) is 56.7 Å². The maximum Gasteiger partial charge on any atom is 0.319 e. The number of amides is 3. The number of urea groups is 1. The van der Waals surface area contributed by atoms with Gasteiger partial charge in [-0.2, -0.15) is 0 Å². The molecule has 130 valence electrons. The van der Waals surface area contributed by atoms with Gasteiger partial charge in [-0.1, -0.05) is 11.6 Å². The van der Waals surface area contributed by atoms with E-state index in [0.29, 0.717) is 29.1 Å². The molecule has 0 radical (unpaired) electrons. The average molecular weight is 352 g/mol. The fourth-order valence-electron chi connectivity index (χ4n) is 2.84. The van der Waals surface area contributed by atoms with Gasteiger partial charge >= 0.3 is 6.03 Å². The second kappa shape index (κ2) is 7.40. The molecule has 0 saturated heterocycles. The van der Waals surface area contributed by atoms with Crippen molar-refractivity contribution in [2.75, 3.05) is 5.32 Å².